The fraction of sp³-hybridized carbons (Fsp3) is 0.105. The number of nitrogens with one attached hydrogen (secondary N) is 2. The van der Waals surface area contributed by atoms with Crippen LogP contribution in [0.15, 0.2) is 60.8 Å². The van der Waals surface area contributed by atoms with Gasteiger partial charge in [0, 0.05) is 12.7 Å². The van der Waals surface area contributed by atoms with Gasteiger partial charge in [-0.15, -0.1) is 0 Å². The molecule has 2 aromatic carbocycles. The molecule has 0 radical (unpaired) electrons. The third-order valence-electron chi connectivity index (χ3n) is 3.71. The number of halogens is 1. The molecule has 0 unspecified atom stereocenters. The fourth-order valence-electron chi connectivity index (χ4n) is 2.44. The lowest BCUT2D eigenvalue weighted by Crippen LogP contribution is -2.10. The number of aromatic nitrogens is 2. The van der Waals surface area contributed by atoms with Crippen LogP contribution in [0, 0.1) is 5.82 Å². The van der Waals surface area contributed by atoms with E-state index in [1.54, 1.807) is 48.7 Å². The third-order valence-corrected chi connectivity index (χ3v) is 3.71. The molecular formula is C19H17FN4O2. The van der Waals surface area contributed by atoms with Crippen LogP contribution in [-0.2, 0) is 6.42 Å². The van der Waals surface area contributed by atoms with E-state index in [9.17, 15) is 14.3 Å². The summed E-state index contributed by atoms with van der Waals surface area (Å²) >= 11 is 0. The largest absolute Gasteiger partial charge is 0.478 e. The van der Waals surface area contributed by atoms with Crippen molar-refractivity contribution < 1.29 is 14.3 Å². The van der Waals surface area contributed by atoms with Crippen LogP contribution in [0.3, 0.4) is 0 Å². The Morgan fingerprint density at radius 1 is 1.08 bits per heavy atom. The minimum atomic E-state index is -1.02. The van der Waals surface area contributed by atoms with Crippen LogP contribution in [-0.4, -0.2) is 27.6 Å². The molecule has 3 N–H and O–H groups in total. The minimum Gasteiger partial charge on any atom is -0.478 e. The zero-order valence-corrected chi connectivity index (χ0v) is 13.8. The van der Waals surface area contributed by atoms with Crippen molar-refractivity contribution in [3.05, 3.63) is 77.7 Å². The van der Waals surface area contributed by atoms with Crippen molar-refractivity contribution in [3.8, 4) is 0 Å². The van der Waals surface area contributed by atoms with E-state index in [1.807, 2.05) is 0 Å². The smallest absolute Gasteiger partial charge is 0.337 e. The molecule has 132 valence electrons. The molecule has 0 bridgehead atoms. The van der Waals surface area contributed by atoms with Crippen LogP contribution in [0.4, 0.5) is 21.8 Å². The van der Waals surface area contributed by atoms with Crippen LogP contribution in [0.5, 0.6) is 0 Å². The number of benzene rings is 2. The van der Waals surface area contributed by atoms with E-state index in [0.29, 0.717) is 36.0 Å². The van der Waals surface area contributed by atoms with Gasteiger partial charge >= 0.3 is 5.97 Å². The zero-order valence-electron chi connectivity index (χ0n) is 13.8. The Morgan fingerprint density at radius 3 is 2.65 bits per heavy atom. The van der Waals surface area contributed by atoms with Gasteiger partial charge in [-0.25, -0.2) is 14.2 Å². The van der Waals surface area contributed by atoms with Gasteiger partial charge < -0.3 is 15.7 Å². The number of nitrogens with zero attached hydrogens (tertiary/aromatic N) is 2. The minimum absolute atomic E-state index is 0.153. The van der Waals surface area contributed by atoms with Gasteiger partial charge in [0.15, 0.2) is 0 Å². The van der Waals surface area contributed by atoms with Gasteiger partial charge in [0.2, 0.25) is 5.95 Å². The SMILES string of the molecule is O=C(O)c1ccccc1Nc1ccnc(NCCc2ccccc2F)n1. The van der Waals surface area contributed by atoms with Gasteiger partial charge in [-0.2, -0.15) is 4.98 Å². The molecule has 0 amide bonds. The first-order valence-electron chi connectivity index (χ1n) is 8.03. The number of aromatic carboxylic acids is 1. The molecule has 1 aromatic heterocycles. The maximum Gasteiger partial charge on any atom is 0.337 e. The lowest BCUT2D eigenvalue weighted by atomic mass is 10.1. The summed E-state index contributed by atoms with van der Waals surface area (Å²) < 4.78 is 13.6. The van der Waals surface area contributed by atoms with E-state index in [4.69, 9.17) is 0 Å². The van der Waals surface area contributed by atoms with Gasteiger partial charge in [0.25, 0.3) is 0 Å². The van der Waals surface area contributed by atoms with E-state index in [0.717, 1.165) is 0 Å². The summed E-state index contributed by atoms with van der Waals surface area (Å²) in [5.74, 6) is -0.428. The predicted molar refractivity (Wildman–Crippen MR) is 97.3 cm³/mol. The zero-order chi connectivity index (χ0) is 18.4. The molecule has 7 heteroatoms. The molecule has 0 aliphatic rings. The Bertz CT molecular complexity index is 917. The van der Waals surface area contributed by atoms with Crippen molar-refractivity contribution >= 4 is 23.4 Å². The molecule has 3 rings (SSSR count). The summed E-state index contributed by atoms with van der Waals surface area (Å²) in [6.07, 6.45) is 2.06. The first-order chi connectivity index (χ1) is 12.6. The summed E-state index contributed by atoms with van der Waals surface area (Å²) in [6, 6.07) is 14.8. The summed E-state index contributed by atoms with van der Waals surface area (Å²) in [6.45, 7) is 0.468. The summed E-state index contributed by atoms with van der Waals surface area (Å²) in [5, 5.41) is 15.2. The third kappa shape index (κ3) is 4.32. The standard InChI is InChI=1S/C19H17FN4O2/c20-15-7-3-1-5-13(15)9-11-21-19-22-12-10-17(24-19)23-16-8-4-2-6-14(16)18(25)26/h1-8,10,12H,9,11H2,(H,25,26)(H2,21,22,23,24). The lowest BCUT2D eigenvalue weighted by molar-refractivity contribution is 0.0698. The molecule has 26 heavy (non-hydrogen) atoms. The van der Waals surface area contributed by atoms with Crippen molar-refractivity contribution in [1.82, 2.24) is 9.97 Å². The highest BCUT2D eigenvalue weighted by Crippen LogP contribution is 2.20. The lowest BCUT2D eigenvalue weighted by Gasteiger charge is -2.10. The maximum atomic E-state index is 13.6. The number of hydrogen-bond acceptors (Lipinski definition) is 5. The van der Waals surface area contributed by atoms with Gasteiger partial charge in [0.05, 0.1) is 11.3 Å². The van der Waals surface area contributed by atoms with Crippen LogP contribution < -0.4 is 10.6 Å². The van der Waals surface area contributed by atoms with E-state index in [2.05, 4.69) is 20.6 Å². The van der Waals surface area contributed by atoms with Crippen molar-refractivity contribution in [2.75, 3.05) is 17.2 Å². The average molecular weight is 352 g/mol. The van der Waals surface area contributed by atoms with Crippen LogP contribution in [0.25, 0.3) is 0 Å². The first kappa shape index (κ1) is 17.3. The fourth-order valence-corrected chi connectivity index (χ4v) is 2.44. The monoisotopic (exact) mass is 352 g/mol. The Morgan fingerprint density at radius 2 is 1.85 bits per heavy atom. The van der Waals surface area contributed by atoms with Crippen molar-refractivity contribution in [2.45, 2.75) is 6.42 Å². The number of para-hydroxylation sites is 1. The van der Waals surface area contributed by atoms with Crippen LogP contribution >= 0.6 is 0 Å². The highest BCUT2D eigenvalue weighted by molar-refractivity contribution is 5.94. The van der Waals surface area contributed by atoms with Gasteiger partial charge in [-0.05, 0) is 36.2 Å². The summed E-state index contributed by atoms with van der Waals surface area (Å²) in [7, 11) is 0. The summed E-state index contributed by atoms with van der Waals surface area (Å²) in [5.41, 5.74) is 1.21. The second-order valence-electron chi connectivity index (χ2n) is 5.51. The molecule has 0 aliphatic heterocycles. The van der Waals surface area contributed by atoms with Gasteiger partial charge in [-0.1, -0.05) is 30.3 Å². The maximum absolute atomic E-state index is 13.6. The first-order valence-corrected chi connectivity index (χ1v) is 8.03. The van der Waals surface area contributed by atoms with Crippen molar-refractivity contribution in [3.63, 3.8) is 0 Å². The van der Waals surface area contributed by atoms with E-state index < -0.39 is 5.97 Å². The average Bonchev–Trinajstić information content (AvgIpc) is 2.64. The molecule has 3 aromatic rings. The van der Waals surface area contributed by atoms with Crippen molar-refractivity contribution in [1.29, 1.82) is 0 Å². The summed E-state index contributed by atoms with van der Waals surface area (Å²) in [4.78, 5) is 19.7. The Balaban J connectivity index is 1.65. The predicted octanol–water partition coefficient (Wildman–Crippen LogP) is 3.71. The Hall–Kier alpha value is -3.48. The number of anilines is 3. The normalized spacial score (nSPS) is 10.3. The molecule has 0 saturated heterocycles. The number of carboxylic acids is 1. The van der Waals surface area contributed by atoms with Gasteiger partial charge in [-0.3, -0.25) is 0 Å². The number of rotatable bonds is 7. The molecule has 0 aliphatic carbocycles. The van der Waals surface area contributed by atoms with Gasteiger partial charge in [0.1, 0.15) is 11.6 Å². The molecule has 1 heterocycles. The number of carbonyl (C=O) groups is 1. The highest BCUT2D eigenvalue weighted by atomic mass is 19.1. The Kier molecular flexibility index (Phi) is 5.38. The molecule has 0 atom stereocenters. The molecule has 0 saturated carbocycles. The molecule has 0 fully saturated rings. The van der Waals surface area contributed by atoms with Crippen LogP contribution in [0.1, 0.15) is 15.9 Å². The number of hydrogen-bond donors (Lipinski definition) is 3. The Labute approximate surface area is 149 Å². The molecule has 6 nitrogen and oxygen atoms in total. The van der Waals surface area contributed by atoms with Crippen molar-refractivity contribution in [2.24, 2.45) is 0 Å². The number of carboxylic acid groups (broad SMARTS) is 1. The van der Waals surface area contributed by atoms with E-state index >= 15 is 0 Å². The molecule has 0 spiro atoms. The molecular weight excluding hydrogens is 335 g/mol. The van der Waals surface area contributed by atoms with E-state index in [1.165, 1.54) is 12.1 Å². The topological polar surface area (TPSA) is 87.1 Å². The van der Waals surface area contributed by atoms with E-state index in [-0.39, 0.29) is 11.4 Å². The second-order valence-corrected chi connectivity index (χ2v) is 5.51. The quantitative estimate of drug-likeness (QED) is 0.601. The second kappa shape index (κ2) is 8.06. The highest BCUT2D eigenvalue weighted by Gasteiger charge is 2.10. The van der Waals surface area contributed by atoms with Crippen LogP contribution in [0.2, 0.25) is 0 Å².